The zero-order valence-corrected chi connectivity index (χ0v) is 13.5. The zero-order valence-electron chi connectivity index (χ0n) is 12.7. The van der Waals surface area contributed by atoms with Crippen LogP contribution in [0.3, 0.4) is 0 Å². The van der Waals surface area contributed by atoms with Crippen LogP contribution in [-0.4, -0.2) is 14.2 Å². The summed E-state index contributed by atoms with van der Waals surface area (Å²) in [6.07, 6.45) is 0. The first-order valence-electron chi connectivity index (χ1n) is 6.75. The molecule has 2 aromatic rings. The van der Waals surface area contributed by atoms with E-state index in [9.17, 15) is 0 Å². The predicted molar refractivity (Wildman–Crippen MR) is 83.3 cm³/mol. The van der Waals surface area contributed by atoms with Crippen LogP contribution in [0.5, 0.6) is 11.5 Å². The minimum absolute atomic E-state index is 0.116. The van der Waals surface area contributed by atoms with Crippen LogP contribution in [0.1, 0.15) is 30.0 Å². The van der Waals surface area contributed by atoms with Gasteiger partial charge in [-0.25, -0.2) is 0 Å². The first kappa shape index (κ1) is 15.7. The standard InChI is InChI=1S/C16H20ClNO3/c1-10-5-6-14(21-10)11(2)18-9-12-7-13(17)16(20-4)15(8-12)19-3/h5-8,11,18H,9H2,1-4H3. The molecule has 0 aliphatic heterocycles. The monoisotopic (exact) mass is 309 g/mol. The maximum Gasteiger partial charge on any atom is 0.179 e. The van der Waals surface area contributed by atoms with Gasteiger partial charge in [0, 0.05) is 6.54 Å². The number of methoxy groups -OCH3 is 2. The second-order valence-corrected chi connectivity index (χ2v) is 5.27. The van der Waals surface area contributed by atoms with E-state index >= 15 is 0 Å². The summed E-state index contributed by atoms with van der Waals surface area (Å²) in [5, 5.41) is 3.93. The molecule has 21 heavy (non-hydrogen) atoms. The van der Waals surface area contributed by atoms with Crippen LogP contribution < -0.4 is 14.8 Å². The maximum atomic E-state index is 6.20. The number of ether oxygens (including phenoxy) is 2. The minimum atomic E-state index is 0.116. The molecular weight excluding hydrogens is 290 g/mol. The Morgan fingerprint density at radius 2 is 2.00 bits per heavy atom. The number of aryl methyl sites for hydroxylation is 1. The van der Waals surface area contributed by atoms with Crippen molar-refractivity contribution >= 4 is 11.6 Å². The largest absolute Gasteiger partial charge is 0.493 e. The highest BCUT2D eigenvalue weighted by Crippen LogP contribution is 2.36. The summed E-state index contributed by atoms with van der Waals surface area (Å²) in [6.45, 7) is 4.64. The Balaban J connectivity index is 2.08. The predicted octanol–water partition coefficient (Wildman–Crippen LogP) is 4.11. The van der Waals surface area contributed by atoms with Gasteiger partial charge < -0.3 is 19.2 Å². The van der Waals surface area contributed by atoms with Gasteiger partial charge in [0.1, 0.15) is 11.5 Å². The topological polar surface area (TPSA) is 43.6 Å². The van der Waals surface area contributed by atoms with Gasteiger partial charge in [-0.2, -0.15) is 0 Å². The quantitative estimate of drug-likeness (QED) is 0.872. The molecule has 1 unspecified atom stereocenters. The third-order valence-corrected chi connectivity index (χ3v) is 3.57. The maximum absolute atomic E-state index is 6.20. The lowest BCUT2D eigenvalue weighted by Gasteiger charge is -2.14. The average molecular weight is 310 g/mol. The molecule has 1 aromatic carbocycles. The van der Waals surface area contributed by atoms with Gasteiger partial charge in [-0.1, -0.05) is 11.6 Å². The van der Waals surface area contributed by atoms with Crippen molar-refractivity contribution in [3.8, 4) is 11.5 Å². The van der Waals surface area contributed by atoms with E-state index in [1.165, 1.54) is 0 Å². The Labute approximate surface area is 130 Å². The molecule has 1 N–H and O–H groups in total. The molecule has 4 nitrogen and oxygen atoms in total. The second kappa shape index (κ2) is 6.87. The molecule has 0 saturated carbocycles. The molecule has 0 saturated heterocycles. The third kappa shape index (κ3) is 3.71. The van der Waals surface area contributed by atoms with Crippen LogP contribution in [0.2, 0.25) is 5.02 Å². The molecule has 0 fully saturated rings. The fourth-order valence-electron chi connectivity index (χ4n) is 2.13. The first-order chi connectivity index (χ1) is 10.0. The number of halogens is 1. The van der Waals surface area contributed by atoms with Crippen molar-refractivity contribution in [2.45, 2.75) is 26.4 Å². The molecule has 2 rings (SSSR count). The normalized spacial score (nSPS) is 12.2. The minimum Gasteiger partial charge on any atom is -0.493 e. The molecule has 5 heteroatoms. The molecule has 0 spiro atoms. The highest BCUT2D eigenvalue weighted by Gasteiger charge is 2.13. The SMILES string of the molecule is COc1cc(CNC(C)c2ccc(C)o2)cc(Cl)c1OC. The molecule has 114 valence electrons. The summed E-state index contributed by atoms with van der Waals surface area (Å²) >= 11 is 6.20. The summed E-state index contributed by atoms with van der Waals surface area (Å²) in [5.41, 5.74) is 1.02. The highest BCUT2D eigenvalue weighted by molar-refractivity contribution is 6.32. The lowest BCUT2D eigenvalue weighted by molar-refractivity contribution is 0.354. The van der Waals surface area contributed by atoms with E-state index in [-0.39, 0.29) is 6.04 Å². The van der Waals surface area contributed by atoms with Gasteiger partial charge >= 0.3 is 0 Å². The number of hydrogen-bond acceptors (Lipinski definition) is 4. The molecular formula is C16H20ClNO3. The van der Waals surface area contributed by atoms with Gasteiger partial charge in [0.05, 0.1) is 25.3 Å². The van der Waals surface area contributed by atoms with Crippen molar-refractivity contribution in [3.63, 3.8) is 0 Å². The summed E-state index contributed by atoms with van der Waals surface area (Å²) < 4.78 is 16.1. The molecule has 1 atom stereocenters. The Kier molecular flexibility index (Phi) is 5.15. The number of benzene rings is 1. The van der Waals surface area contributed by atoms with Crippen molar-refractivity contribution in [3.05, 3.63) is 46.4 Å². The number of rotatable bonds is 6. The molecule has 0 aliphatic carbocycles. The molecule has 0 bridgehead atoms. The summed E-state index contributed by atoms with van der Waals surface area (Å²) in [4.78, 5) is 0. The van der Waals surface area contributed by atoms with Crippen LogP contribution in [-0.2, 0) is 6.54 Å². The van der Waals surface area contributed by atoms with E-state index in [1.54, 1.807) is 14.2 Å². The lowest BCUT2D eigenvalue weighted by atomic mass is 10.1. The fourth-order valence-corrected chi connectivity index (χ4v) is 2.44. The summed E-state index contributed by atoms with van der Waals surface area (Å²) in [7, 11) is 3.17. The van der Waals surface area contributed by atoms with Crippen LogP contribution in [0.25, 0.3) is 0 Å². The zero-order chi connectivity index (χ0) is 15.4. The van der Waals surface area contributed by atoms with Crippen molar-refractivity contribution in [2.75, 3.05) is 14.2 Å². The molecule has 1 aromatic heterocycles. The van der Waals surface area contributed by atoms with Gasteiger partial charge in [-0.05, 0) is 43.7 Å². The Bertz CT molecular complexity index is 610. The van der Waals surface area contributed by atoms with E-state index in [0.29, 0.717) is 23.1 Å². The molecule has 1 heterocycles. The Morgan fingerprint density at radius 1 is 1.24 bits per heavy atom. The molecule has 0 radical (unpaired) electrons. The summed E-state index contributed by atoms with van der Waals surface area (Å²) in [6, 6.07) is 7.84. The van der Waals surface area contributed by atoms with Gasteiger partial charge in [-0.3, -0.25) is 0 Å². The van der Waals surface area contributed by atoms with Crippen molar-refractivity contribution < 1.29 is 13.9 Å². The van der Waals surface area contributed by atoms with E-state index in [0.717, 1.165) is 17.1 Å². The van der Waals surface area contributed by atoms with E-state index in [1.807, 2.05) is 31.2 Å². The third-order valence-electron chi connectivity index (χ3n) is 3.29. The van der Waals surface area contributed by atoms with Gasteiger partial charge in [0.15, 0.2) is 11.5 Å². The van der Waals surface area contributed by atoms with Crippen molar-refractivity contribution in [1.82, 2.24) is 5.32 Å². The second-order valence-electron chi connectivity index (χ2n) is 4.86. The number of nitrogens with one attached hydrogen (secondary N) is 1. The van der Waals surface area contributed by atoms with Crippen molar-refractivity contribution in [1.29, 1.82) is 0 Å². The van der Waals surface area contributed by atoms with E-state index < -0.39 is 0 Å². The van der Waals surface area contributed by atoms with Crippen LogP contribution in [0, 0.1) is 6.92 Å². The number of hydrogen-bond donors (Lipinski definition) is 1. The fraction of sp³-hybridized carbons (Fsp3) is 0.375. The van der Waals surface area contributed by atoms with Crippen LogP contribution >= 0.6 is 11.6 Å². The van der Waals surface area contributed by atoms with Crippen LogP contribution in [0.15, 0.2) is 28.7 Å². The van der Waals surface area contributed by atoms with Gasteiger partial charge in [0.25, 0.3) is 0 Å². The highest BCUT2D eigenvalue weighted by atomic mass is 35.5. The molecule has 0 aliphatic rings. The van der Waals surface area contributed by atoms with Crippen molar-refractivity contribution in [2.24, 2.45) is 0 Å². The first-order valence-corrected chi connectivity index (χ1v) is 7.13. The van der Waals surface area contributed by atoms with Gasteiger partial charge in [-0.15, -0.1) is 0 Å². The number of furan rings is 1. The summed E-state index contributed by atoms with van der Waals surface area (Å²) in [5.74, 6) is 3.01. The lowest BCUT2D eigenvalue weighted by Crippen LogP contribution is -2.17. The van der Waals surface area contributed by atoms with E-state index in [2.05, 4.69) is 12.2 Å². The smallest absolute Gasteiger partial charge is 0.179 e. The molecule has 0 amide bonds. The Hall–Kier alpha value is -1.65. The van der Waals surface area contributed by atoms with E-state index in [4.69, 9.17) is 25.5 Å². The average Bonchev–Trinajstić information content (AvgIpc) is 2.90. The van der Waals surface area contributed by atoms with Gasteiger partial charge in [0.2, 0.25) is 0 Å². The Morgan fingerprint density at radius 3 is 2.57 bits per heavy atom. The van der Waals surface area contributed by atoms with Crippen LogP contribution in [0.4, 0.5) is 0 Å².